The first kappa shape index (κ1) is 17.0. The second-order valence-electron chi connectivity index (χ2n) is 7.12. The highest BCUT2D eigenvalue weighted by Crippen LogP contribution is 2.05. The fourth-order valence-electron chi connectivity index (χ4n) is 2.93. The number of amides is 1. The summed E-state index contributed by atoms with van der Waals surface area (Å²) in [5, 5.41) is 3.14. The zero-order valence-corrected chi connectivity index (χ0v) is 14.2. The summed E-state index contributed by atoms with van der Waals surface area (Å²) in [6.07, 6.45) is 0.961. The predicted molar refractivity (Wildman–Crippen MR) is 88.9 cm³/mol. The highest BCUT2D eigenvalue weighted by Gasteiger charge is 2.26. The van der Waals surface area contributed by atoms with Crippen LogP contribution >= 0.6 is 0 Å². The van der Waals surface area contributed by atoms with E-state index in [2.05, 4.69) is 56.4 Å². The van der Waals surface area contributed by atoms with Gasteiger partial charge >= 0.3 is 0 Å². The Bertz CT molecular complexity index is 464. The summed E-state index contributed by atoms with van der Waals surface area (Å²) < 4.78 is 0. The molecule has 0 aromatic heterocycles. The minimum atomic E-state index is -0.0864. The smallest absolute Gasteiger partial charge is 0.275 e. The van der Waals surface area contributed by atoms with E-state index in [0.717, 1.165) is 39.1 Å². The molecule has 1 aromatic carbocycles. The molecule has 4 nitrogen and oxygen atoms in total. The Morgan fingerprint density at radius 1 is 1.09 bits per heavy atom. The average molecular weight is 305 g/mol. The Hall–Kier alpha value is -1.39. The molecular formula is C18H31N3O+2. The van der Waals surface area contributed by atoms with Crippen LogP contribution < -0.4 is 15.1 Å². The molecule has 1 aromatic rings. The molecule has 22 heavy (non-hydrogen) atoms. The Kier molecular flexibility index (Phi) is 5.98. The van der Waals surface area contributed by atoms with Crippen LogP contribution in [-0.4, -0.2) is 44.2 Å². The second-order valence-corrected chi connectivity index (χ2v) is 7.12. The monoisotopic (exact) mass is 305 g/mol. The van der Waals surface area contributed by atoms with E-state index >= 15 is 0 Å². The molecule has 1 heterocycles. The van der Waals surface area contributed by atoms with Crippen molar-refractivity contribution in [1.82, 2.24) is 5.32 Å². The van der Waals surface area contributed by atoms with E-state index in [9.17, 15) is 4.79 Å². The number of carbonyl (C=O) groups is 1. The molecule has 0 radical (unpaired) electrons. The highest BCUT2D eigenvalue weighted by molar-refractivity contribution is 5.77. The van der Waals surface area contributed by atoms with E-state index in [1.807, 2.05) is 0 Å². The summed E-state index contributed by atoms with van der Waals surface area (Å²) >= 11 is 0. The van der Waals surface area contributed by atoms with Crippen molar-refractivity contribution >= 4 is 5.91 Å². The Morgan fingerprint density at radius 2 is 1.68 bits per heavy atom. The van der Waals surface area contributed by atoms with E-state index in [0.29, 0.717) is 6.54 Å². The number of quaternary nitrogens is 2. The van der Waals surface area contributed by atoms with Gasteiger partial charge in [0.15, 0.2) is 6.54 Å². The molecule has 1 fully saturated rings. The van der Waals surface area contributed by atoms with Crippen molar-refractivity contribution < 1.29 is 14.6 Å². The van der Waals surface area contributed by atoms with Crippen LogP contribution in [0.3, 0.4) is 0 Å². The molecule has 0 aliphatic carbocycles. The maximum Gasteiger partial charge on any atom is 0.275 e. The topological polar surface area (TPSA) is 38.0 Å². The van der Waals surface area contributed by atoms with Crippen LogP contribution in [0.1, 0.15) is 32.8 Å². The lowest BCUT2D eigenvalue weighted by atomic mass is 10.0. The van der Waals surface area contributed by atoms with Crippen molar-refractivity contribution in [1.29, 1.82) is 0 Å². The highest BCUT2D eigenvalue weighted by atomic mass is 16.2. The van der Waals surface area contributed by atoms with Gasteiger partial charge in [-0.05, 0) is 20.3 Å². The third-order valence-electron chi connectivity index (χ3n) is 4.73. The number of benzene rings is 1. The maximum absolute atomic E-state index is 12.1. The first-order valence-corrected chi connectivity index (χ1v) is 8.50. The van der Waals surface area contributed by atoms with Gasteiger partial charge in [0.25, 0.3) is 5.91 Å². The van der Waals surface area contributed by atoms with Gasteiger partial charge in [0, 0.05) is 11.1 Å². The maximum atomic E-state index is 12.1. The van der Waals surface area contributed by atoms with Crippen LogP contribution in [0.5, 0.6) is 0 Å². The van der Waals surface area contributed by atoms with Crippen molar-refractivity contribution in [3.8, 4) is 0 Å². The summed E-state index contributed by atoms with van der Waals surface area (Å²) in [7, 11) is 0. The summed E-state index contributed by atoms with van der Waals surface area (Å²) in [6, 6.07) is 10.7. The third-order valence-corrected chi connectivity index (χ3v) is 4.73. The first-order chi connectivity index (χ1) is 10.5. The molecule has 2 rings (SSSR count). The predicted octanol–water partition coefficient (Wildman–Crippen LogP) is -0.725. The van der Waals surface area contributed by atoms with Crippen LogP contribution in [0.2, 0.25) is 0 Å². The molecule has 0 spiro atoms. The number of rotatable bonds is 6. The SMILES string of the molecule is CCC(C)(C)NC(=O)C[NH+]1CC[NH+](Cc2ccccc2)CC1. The van der Waals surface area contributed by atoms with E-state index in [4.69, 9.17) is 0 Å². The minimum Gasteiger partial charge on any atom is -0.346 e. The van der Waals surface area contributed by atoms with E-state index < -0.39 is 0 Å². The van der Waals surface area contributed by atoms with E-state index in [-0.39, 0.29) is 11.4 Å². The number of carbonyl (C=O) groups excluding carboxylic acids is 1. The van der Waals surface area contributed by atoms with Gasteiger partial charge in [-0.3, -0.25) is 4.79 Å². The van der Waals surface area contributed by atoms with Crippen molar-refractivity contribution in [2.24, 2.45) is 0 Å². The summed E-state index contributed by atoms with van der Waals surface area (Å²) in [5.74, 6) is 0.188. The fourth-order valence-corrected chi connectivity index (χ4v) is 2.93. The van der Waals surface area contributed by atoms with E-state index in [1.165, 1.54) is 10.5 Å². The molecule has 0 saturated carbocycles. The molecule has 3 N–H and O–H groups in total. The molecule has 1 amide bonds. The largest absolute Gasteiger partial charge is 0.346 e. The van der Waals surface area contributed by atoms with Crippen LogP contribution in [0.25, 0.3) is 0 Å². The van der Waals surface area contributed by atoms with Crippen LogP contribution in [0.15, 0.2) is 30.3 Å². The van der Waals surface area contributed by atoms with Crippen molar-refractivity contribution in [3.63, 3.8) is 0 Å². The Morgan fingerprint density at radius 3 is 2.27 bits per heavy atom. The first-order valence-electron chi connectivity index (χ1n) is 8.50. The lowest BCUT2D eigenvalue weighted by Gasteiger charge is -2.31. The second kappa shape index (κ2) is 7.75. The van der Waals surface area contributed by atoms with Crippen molar-refractivity contribution in [2.75, 3.05) is 32.7 Å². The number of piperazine rings is 1. The molecule has 0 atom stereocenters. The summed E-state index contributed by atoms with van der Waals surface area (Å²) in [6.45, 7) is 12.5. The molecule has 1 saturated heterocycles. The number of hydrogen-bond donors (Lipinski definition) is 3. The van der Waals surface area contributed by atoms with Crippen molar-refractivity contribution in [3.05, 3.63) is 35.9 Å². The number of hydrogen-bond acceptors (Lipinski definition) is 1. The molecule has 1 aliphatic heterocycles. The molecule has 0 unspecified atom stereocenters. The van der Waals surface area contributed by atoms with Gasteiger partial charge in [0.05, 0.1) is 0 Å². The molecule has 4 heteroatoms. The molecule has 0 bridgehead atoms. The lowest BCUT2D eigenvalue weighted by Crippen LogP contribution is -3.28. The van der Waals surface area contributed by atoms with Gasteiger partial charge in [0.2, 0.25) is 0 Å². The van der Waals surface area contributed by atoms with Crippen molar-refractivity contribution in [2.45, 2.75) is 39.3 Å². The van der Waals surface area contributed by atoms with Gasteiger partial charge in [-0.2, -0.15) is 0 Å². The third kappa shape index (κ3) is 5.43. The van der Waals surface area contributed by atoms with Crippen LogP contribution in [0.4, 0.5) is 0 Å². The van der Waals surface area contributed by atoms with Gasteiger partial charge < -0.3 is 15.1 Å². The van der Waals surface area contributed by atoms with Crippen LogP contribution in [-0.2, 0) is 11.3 Å². The van der Waals surface area contributed by atoms with Gasteiger partial charge in [0.1, 0.15) is 32.7 Å². The zero-order valence-electron chi connectivity index (χ0n) is 14.2. The minimum absolute atomic E-state index is 0.0864. The van der Waals surface area contributed by atoms with Crippen LogP contribution in [0, 0.1) is 0 Å². The summed E-state index contributed by atoms with van der Waals surface area (Å²) in [5.41, 5.74) is 1.32. The lowest BCUT2D eigenvalue weighted by molar-refractivity contribution is -1.02. The quantitative estimate of drug-likeness (QED) is 0.637. The van der Waals surface area contributed by atoms with E-state index in [1.54, 1.807) is 4.90 Å². The van der Waals surface area contributed by atoms with Gasteiger partial charge in [-0.25, -0.2) is 0 Å². The average Bonchev–Trinajstić information content (AvgIpc) is 2.50. The standard InChI is InChI=1S/C18H29N3O/c1-4-18(2,3)19-17(22)15-21-12-10-20(11-13-21)14-16-8-6-5-7-9-16/h5-9H,4,10-15H2,1-3H3,(H,19,22)/p+2. The normalized spacial score (nSPS) is 22.3. The Balaban J connectivity index is 1.72. The zero-order chi connectivity index (χ0) is 16.0. The fraction of sp³-hybridized carbons (Fsp3) is 0.611. The van der Waals surface area contributed by atoms with Gasteiger partial charge in [-0.1, -0.05) is 37.3 Å². The van der Waals surface area contributed by atoms with Gasteiger partial charge in [-0.15, -0.1) is 0 Å². The Labute approximate surface area is 134 Å². The molecular weight excluding hydrogens is 274 g/mol. The number of nitrogens with one attached hydrogen (secondary N) is 3. The molecule has 122 valence electrons. The molecule has 1 aliphatic rings. The summed E-state index contributed by atoms with van der Waals surface area (Å²) in [4.78, 5) is 15.2.